The summed E-state index contributed by atoms with van der Waals surface area (Å²) in [6.45, 7) is 3.51. The molecule has 0 aliphatic rings. The topological polar surface area (TPSA) is 79.3 Å². The van der Waals surface area contributed by atoms with Gasteiger partial charge in [0.25, 0.3) is 5.91 Å². The normalized spacial score (nSPS) is 10.3. The van der Waals surface area contributed by atoms with Crippen molar-refractivity contribution in [2.45, 2.75) is 13.8 Å². The third-order valence-electron chi connectivity index (χ3n) is 2.27. The molecular weight excluding hydrogens is 272 g/mol. The molecule has 0 saturated heterocycles. The summed E-state index contributed by atoms with van der Waals surface area (Å²) in [4.78, 5) is 24.5. The Kier molecular flexibility index (Phi) is 3.44. The minimum Gasteiger partial charge on any atom is -0.478 e. The summed E-state index contributed by atoms with van der Waals surface area (Å²) >= 11 is 2.34. The maximum atomic E-state index is 11.9. The highest BCUT2D eigenvalue weighted by atomic mass is 32.1. The fourth-order valence-corrected chi connectivity index (χ4v) is 2.98. The summed E-state index contributed by atoms with van der Waals surface area (Å²) in [6, 6.07) is 3.55. The Hall–Kier alpha value is -1.73. The largest absolute Gasteiger partial charge is 0.478 e. The zero-order chi connectivity index (χ0) is 13.3. The molecule has 2 aromatic heterocycles. The van der Waals surface area contributed by atoms with Crippen LogP contribution in [0.3, 0.4) is 0 Å². The van der Waals surface area contributed by atoms with Crippen molar-refractivity contribution in [2.24, 2.45) is 0 Å². The zero-order valence-corrected chi connectivity index (χ0v) is 11.3. The number of anilines is 1. The van der Waals surface area contributed by atoms with Gasteiger partial charge in [-0.2, -0.15) is 4.37 Å². The Balaban J connectivity index is 2.25. The molecule has 0 fully saturated rings. The molecule has 0 radical (unpaired) electrons. The van der Waals surface area contributed by atoms with Crippen LogP contribution in [0.5, 0.6) is 0 Å². The van der Waals surface area contributed by atoms with E-state index >= 15 is 0 Å². The van der Waals surface area contributed by atoms with Gasteiger partial charge in [0.15, 0.2) is 0 Å². The molecule has 7 heteroatoms. The number of nitrogens with one attached hydrogen (secondary N) is 1. The first kappa shape index (κ1) is 12.7. The van der Waals surface area contributed by atoms with Crippen LogP contribution in [0, 0.1) is 13.8 Å². The van der Waals surface area contributed by atoms with Gasteiger partial charge in [-0.3, -0.25) is 4.79 Å². The Morgan fingerprint density at radius 1 is 1.33 bits per heavy atom. The number of nitrogens with zero attached hydrogens (tertiary/aromatic N) is 1. The molecule has 0 spiro atoms. The van der Waals surface area contributed by atoms with Crippen LogP contribution in [0.1, 0.15) is 30.6 Å². The number of carbonyl (C=O) groups excluding carboxylic acids is 1. The van der Waals surface area contributed by atoms with E-state index in [1.54, 1.807) is 13.0 Å². The second kappa shape index (κ2) is 4.87. The standard InChI is InChI=1S/C11H10N2O3S2/c1-5-3-4-7(17-5)9(14)12-10-8(11(15)16)6(2)13-18-10/h3-4H,1-2H3,(H,12,14)(H,15,16). The van der Waals surface area contributed by atoms with Crippen LogP contribution >= 0.6 is 22.9 Å². The van der Waals surface area contributed by atoms with E-state index in [9.17, 15) is 9.59 Å². The van der Waals surface area contributed by atoms with Crippen LogP contribution in [0.4, 0.5) is 5.00 Å². The average molecular weight is 282 g/mol. The third kappa shape index (κ3) is 2.41. The van der Waals surface area contributed by atoms with Crippen LogP contribution in [0.25, 0.3) is 0 Å². The number of carboxylic acids is 1. The lowest BCUT2D eigenvalue weighted by Gasteiger charge is -2.01. The Labute approximate surface area is 111 Å². The van der Waals surface area contributed by atoms with Gasteiger partial charge in [0, 0.05) is 4.88 Å². The Morgan fingerprint density at radius 3 is 2.61 bits per heavy atom. The first-order chi connectivity index (χ1) is 8.49. The minimum atomic E-state index is -1.08. The predicted octanol–water partition coefficient (Wildman–Crippen LogP) is 2.77. The number of carboxylic acid groups (broad SMARTS) is 1. The maximum Gasteiger partial charge on any atom is 0.340 e. The van der Waals surface area contributed by atoms with Crippen LogP contribution in [-0.2, 0) is 0 Å². The number of amides is 1. The number of rotatable bonds is 3. The molecule has 0 bridgehead atoms. The summed E-state index contributed by atoms with van der Waals surface area (Å²) in [5, 5.41) is 11.9. The molecule has 0 atom stereocenters. The van der Waals surface area contributed by atoms with E-state index in [1.807, 2.05) is 13.0 Å². The maximum absolute atomic E-state index is 11.9. The molecule has 2 heterocycles. The quantitative estimate of drug-likeness (QED) is 0.907. The van der Waals surface area contributed by atoms with Crippen molar-refractivity contribution in [3.05, 3.63) is 33.1 Å². The Morgan fingerprint density at radius 2 is 2.06 bits per heavy atom. The number of hydrogen-bond donors (Lipinski definition) is 2. The van der Waals surface area contributed by atoms with Gasteiger partial charge in [0.05, 0.1) is 10.6 Å². The van der Waals surface area contributed by atoms with E-state index in [-0.39, 0.29) is 16.5 Å². The second-order valence-electron chi connectivity index (χ2n) is 3.64. The molecule has 0 aliphatic heterocycles. The van der Waals surface area contributed by atoms with Gasteiger partial charge in [0.1, 0.15) is 10.6 Å². The van der Waals surface area contributed by atoms with Crippen molar-refractivity contribution >= 4 is 39.7 Å². The van der Waals surface area contributed by atoms with E-state index in [4.69, 9.17) is 5.11 Å². The summed E-state index contributed by atoms with van der Waals surface area (Å²) in [5.41, 5.74) is 0.465. The first-order valence-electron chi connectivity index (χ1n) is 5.06. The molecule has 18 heavy (non-hydrogen) atoms. The fourth-order valence-electron chi connectivity index (χ4n) is 1.43. The van der Waals surface area contributed by atoms with Gasteiger partial charge in [-0.15, -0.1) is 11.3 Å². The van der Waals surface area contributed by atoms with Gasteiger partial charge in [-0.05, 0) is 37.5 Å². The summed E-state index contributed by atoms with van der Waals surface area (Å²) in [5.74, 6) is -1.39. The molecule has 0 aliphatic carbocycles. The Bertz CT molecular complexity index is 616. The SMILES string of the molecule is Cc1ccc(C(=O)Nc2snc(C)c2C(=O)O)s1. The first-order valence-corrected chi connectivity index (χ1v) is 6.65. The number of aromatic carboxylic acids is 1. The van der Waals surface area contributed by atoms with Gasteiger partial charge in [-0.1, -0.05) is 0 Å². The smallest absolute Gasteiger partial charge is 0.340 e. The highest BCUT2D eigenvalue weighted by molar-refractivity contribution is 7.14. The highest BCUT2D eigenvalue weighted by Crippen LogP contribution is 2.26. The van der Waals surface area contributed by atoms with Gasteiger partial charge < -0.3 is 10.4 Å². The average Bonchev–Trinajstić information content (AvgIpc) is 2.85. The lowest BCUT2D eigenvalue weighted by molar-refractivity contribution is 0.0697. The lowest BCUT2D eigenvalue weighted by Crippen LogP contribution is -2.12. The van der Waals surface area contributed by atoms with Gasteiger partial charge in [-0.25, -0.2) is 4.79 Å². The zero-order valence-electron chi connectivity index (χ0n) is 9.68. The molecule has 5 nitrogen and oxygen atoms in total. The third-order valence-corrected chi connectivity index (χ3v) is 4.12. The van der Waals surface area contributed by atoms with Crippen LogP contribution in [-0.4, -0.2) is 21.4 Å². The van der Waals surface area contributed by atoms with Crippen molar-refractivity contribution < 1.29 is 14.7 Å². The molecule has 94 valence electrons. The van der Waals surface area contributed by atoms with E-state index in [1.165, 1.54) is 11.3 Å². The van der Waals surface area contributed by atoms with Crippen molar-refractivity contribution in [2.75, 3.05) is 5.32 Å². The minimum absolute atomic E-state index is 0.0571. The fraction of sp³-hybridized carbons (Fsp3) is 0.182. The van der Waals surface area contributed by atoms with E-state index in [0.717, 1.165) is 16.4 Å². The molecule has 1 amide bonds. The summed E-state index contributed by atoms with van der Waals surface area (Å²) < 4.78 is 3.94. The molecule has 2 aromatic rings. The van der Waals surface area contributed by atoms with Gasteiger partial charge >= 0.3 is 5.97 Å². The number of aryl methyl sites for hydroxylation is 2. The number of hydrogen-bond acceptors (Lipinski definition) is 5. The molecule has 2 N–H and O–H groups in total. The van der Waals surface area contributed by atoms with E-state index in [2.05, 4.69) is 9.69 Å². The predicted molar refractivity (Wildman–Crippen MR) is 70.8 cm³/mol. The van der Waals surface area contributed by atoms with E-state index in [0.29, 0.717) is 10.6 Å². The van der Waals surface area contributed by atoms with Gasteiger partial charge in [0.2, 0.25) is 0 Å². The number of carbonyl (C=O) groups is 2. The molecule has 0 aromatic carbocycles. The van der Waals surface area contributed by atoms with Crippen molar-refractivity contribution in [3.8, 4) is 0 Å². The number of aromatic nitrogens is 1. The van der Waals surface area contributed by atoms with Crippen LogP contribution < -0.4 is 5.32 Å². The number of thiophene rings is 1. The van der Waals surface area contributed by atoms with Crippen molar-refractivity contribution in [3.63, 3.8) is 0 Å². The summed E-state index contributed by atoms with van der Waals surface area (Å²) in [7, 11) is 0. The molecular formula is C11H10N2O3S2. The van der Waals surface area contributed by atoms with Crippen molar-refractivity contribution in [1.29, 1.82) is 0 Å². The lowest BCUT2D eigenvalue weighted by atomic mass is 10.2. The highest BCUT2D eigenvalue weighted by Gasteiger charge is 2.20. The van der Waals surface area contributed by atoms with Crippen molar-refractivity contribution in [1.82, 2.24) is 4.37 Å². The molecule has 0 saturated carbocycles. The van der Waals surface area contributed by atoms with Crippen LogP contribution in [0.15, 0.2) is 12.1 Å². The molecule has 2 rings (SSSR count). The summed E-state index contributed by atoms with van der Waals surface area (Å²) in [6.07, 6.45) is 0. The van der Waals surface area contributed by atoms with E-state index < -0.39 is 5.97 Å². The second-order valence-corrected chi connectivity index (χ2v) is 5.70. The van der Waals surface area contributed by atoms with Crippen LogP contribution in [0.2, 0.25) is 0 Å². The monoisotopic (exact) mass is 282 g/mol. The molecule has 0 unspecified atom stereocenters.